The molecule has 0 saturated carbocycles. The predicted octanol–water partition coefficient (Wildman–Crippen LogP) is 5.15. The summed E-state index contributed by atoms with van der Waals surface area (Å²) in [6.07, 6.45) is 0. The molecule has 124 valence electrons. The van der Waals surface area contributed by atoms with E-state index >= 15 is 0 Å². The maximum atomic E-state index is 12.2. The number of rotatable bonds is 5. The lowest BCUT2D eigenvalue weighted by Gasteiger charge is -2.13. The lowest BCUT2D eigenvalue weighted by atomic mass is 10.1. The van der Waals surface area contributed by atoms with Crippen LogP contribution in [0.25, 0.3) is 10.2 Å². The summed E-state index contributed by atoms with van der Waals surface area (Å²) in [5, 5.41) is 0. The van der Waals surface area contributed by atoms with Crippen molar-refractivity contribution in [1.29, 1.82) is 0 Å². The van der Waals surface area contributed by atoms with Gasteiger partial charge in [0.05, 0.1) is 24.4 Å². The molecule has 1 aromatic heterocycles. The summed E-state index contributed by atoms with van der Waals surface area (Å²) in [4.78, 5) is 16.8. The van der Waals surface area contributed by atoms with Crippen molar-refractivity contribution in [2.45, 2.75) is 10.1 Å². The first kappa shape index (κ1) is 17.3. The van der Waals surface area contributed by atoms with Gasteiger partial charge in [0.15, 0.2) is 4.34 Å². The lowest BCUT2D eigenvalue weighted by molar-refractivity contribution is 0.0596. The van der Waals surface area contributed by atoms with Gasteiger partial charge < -0.3 is 9.47 Å². The van der Waals surface area contributed by atoms with Crippen LogP contribution in [-0.2, 0) is 10.5 Å². The third kappa shape index (κ3) is 3.43. The molecule has 4 nitrogen and oxygen atoms in total. The van der Waals surface area contributed by atoms with Crippen LogP contribution in [-0.4, -0.2) is 25.2 Å². The third-order valence-corrected chi connectivity index (χ3v) is 6.39. The molecule has 0 aliphatic carbocycles. The van der Waals surface area contributed by atoms with Gasteiger partial charge in [-0.25, -0.2) is 9.78 Å². The number of thioether (sulfide) groups is 1. The van der Waals surface area contributed by atoms with Crippen LogP contribution < -0.4 is 4.74 Å². The Morgan fingerprint density at radius 2 is 2.04 bits per heavy atom. The smallest absolute Gasteiger partial charge is 0.342 e. The molecule has 0 bridgehead atoms. The van der Waals surface area contributed by atoms with Gasteiger partial charge in [-0.3, -0.25) is 0 Å². The molecule has 0 saturated heterocycles. The van der Waals surface area contributed by atoms with Crippen molar-refractivity contribution in [2.75, 3.05) is 14.2 Å². The fraction of sp³-hybridized carbons (Fsp3) is 0.176. The topological polar surface area (TPSA) is 48.4 Å². The minimum atomic E-state index is -0.409. The van der Waals surface area contributed by atoms with Crippen LogP contribution in [0.1, 0.15) is 15.9 Å². The number of esters is 1. The number of thiazole rings is 1. The number of benzene rings is 2. The number of carbonyl (C=O) groups excluding carboxylic acids is 1. The quantitative estimate of drug-likeness (QED) is 0.419. The molecule has 0 N–H and O–H groups in total. The van der Waals surface area contributed by atoms with Crippen LogP contribution in [0, 0.1) is 0 Å². The summed E-state index contributed by atoms with van der Waals surface area (Å²) in [6.45, 7) is 0. The number of ether oxygens (including phenoxy) is 2. The molecule has 7 heteroatoms. The van der Waals surface area contributed by atoms with E-state index in [-0.39, 0.29) is 0 Å². The van der Waals surface area contributed by atoms with E-state index in [0.717, 1.165) is 24.6 Å². The van der Waals surface area contributed by atoms with E-state index in [1.807, 2.05) is 24.3 Å². The first-order valence-electron chi connectivity index (χ1n) is 7.06. The highest BCUT2D eigenvalue weighted by molar-refractivity contribution is 9.10. The largest absolute Gasteiger partial charge is 0.496 e. The van der Waals surface area contributed by atoms with Gasteiger partial charge in [0, 0.05) is 10.2 Å². The lowest BCUT2D eigenvalue weighted by Crippen LogP contribution is -2.08. The molecule has 0 amide bonds. The monoisotopic (exact) mass is 423 g/mol. The van der Waals surface area contributed by atoms with Gasteiger partial charge in [-0.2, -0.15) is 0 Å². The van der Waals surface area contributed by atoms with Crippen molar-refractivity contribution in [3.05, 3.63) is 52.0 Å². The molecule has 0 fully saturated rings. The zero-order valence-electron chi connectivity index (χ0n) is 13.0. The Balaban J connectivity index is 1.92. The highest BCUT2D eigenvalue weighted by atomic mass is 79.9. The Labute approximate surface area is 156 Å². The second-order valence-corrected chi connectivity index (χ2v) is 7.94. The van der Waals surface area contributed by atoms with Crippen LogP contribution in [0.2, 0.25) is 0 Å². The van der Waals surface area contributed by atoms with Gasteiger partial charge in [-0.05, 0) is 29.8 Å². The number of para-hydroxylation sites is 1. The highest BCUT2D eigenvalue weighted by Gasteiger charge is 2.21. The van der Waals surface area contributed by atoms with Gasteiger partial charge in [-0.15, -0.1) is 11.3 Å². The fourth-order valence-electron chi connectivity index (χ4n) is 2.28. The van der Waals surface area contributed by atoms with Crippen LogP contribution >= 0.6 is 39.0 Å². The van der Waals surface area contributed by atoms with E-state index in [2.05, 4.69) is 27.0 Å². The number of halogens is 1. The maximum Gasteiger partial charge on any atom is 0.342 e. The Kier molecular flexibility index (Phi) is 5.43. The molecular formula is C17H14BrNO3S2. The zero-order valence-corrected chi connectivity index (χ0v) is 16.3. The Hall–Kier alpha value is -1.57. The second-order valence-electron chi connectivity index (χ2n) is 4.83. The summed E-state index contributed by atoms with van der Waals surface area (Å²) >= 11 is 6.75. The first-order chi connectivity index (χ1) is 11.6. The predicted molar refractivity (Wildman–Crippen MR) is 101 cm³/mol. The minimum absolute atomic E-state index is 0.409. The van der Waals surface area contributed by atoms with Gasteiger partial charge >= 0.3 is 5.97 Å². The summed E-state index contributed by atoms with van der Waals surface area (Å²) in [7, 11) is 2.91. The van der Waals surface area contributed by atoms with Crippen molar-refractivity contribution >= 4 is 55.2 Å². The average Bonchev–Trinajstić information content (AvgIpc) is 3.02. The molecule has 3 rings (SSSR count). The van der Waals surface area contributed by atoms with Crippen LogP contribution in [0.5, 0.6) is 5.75 Å². The molecule has 24 heavy (non-hydrogen) atoms. The average molecular weight is 424 g/mol. The van der Waals surface area contributed by atoms with E-state index in [1.54, 1.807) is 36.3 Å². The van der Waals surface area contributed by atoms with Crippen LogP contribution in [0.3, 0.4) is 0 Å². The molecule has 2 aromatic carbocycles. The molecule has 0 atom stereocenters. The van der Waals surface area contributed by atoms with Crippen molar-refractivity contribution in [1.82, 2.24) is 4.98 Å². The Morgan fingerprint density at radius 3 is 2.75 bits per heavy atom. The number of aromatic nitrogens is 1. The summed E-state index contributed by atoms with van der Waals surface area (Å²) in [5.41, 5.74) is 2.27. The molecule has 0 radical (unpaired) electrons. The number of fused-ring (bicyclic) bond motifs is 1. The van der Waals surface area contributed by atoms with Crippen LogP contribution in [0.15, 0.2) is 45.2 Å². The second kappa shape index (κ2) is 7.55. The van der Waals surface area contributed by atoms with Gasteiger partial charge in [0.1, 0.15) is 11.3 Å². The van der Waals surface area contributed by atoms with Crippen molar-refractivity contribution in [3.63, 3.8) is 0 Å². The Morgan fingerprint density at radius 1 is 1.25 bits per heavy atom. The number of nitrogens with zero attached hydrogens (tertiary/aromatic N) is 1. The number of methoxy groups -OCH3 is 2. The fourth-order valence-corrected chi connectivity index (χ4v) is 5.05. The first-order valence-corrected chi connectivity index (χ1v) is 9.65. The molecule has 0 spiro atoms. The van der Waals surface area contributed by atoms with E-state index < -0.39 is 5.97 Å². The summed E-state index contributed by atoms with van der Waals surface area (Å²) in [5.74, 6) is 0.681. The van der Waals surface area contributed by atoms with Gasteiger partial charge in [0.25, 0.3) is 0 Å². The van der Waals surface area contributed by atoms with Gasteiger partial charge in [0.2, 0.25) is 0 Å². The zero-order chi connectivity index (χ0) is 17.1. The normalized spacial score (nSPS) is 10.8. The van der Waals surface area contributed by atoms with E-state index in [1.165, 1.54) is 7.11 Å². The molecular weight excluding hydrogens is 410 g/mol. The molecule has 3 aromatic rings. The van der Waals surface area contributed by atoms with Crippen molar-refractivity contribution < 1.29 is 14.3 Å². The number of hydrogen-bond acceptors (Lipinski definition) is 6. The molecule has 1 heterocycles. The standard InChI is InChI=1S/C17H14BrNO3S2/c1-21-13-8-7-11(18)10(15(13)16(20)22-2)9-23-17-19-12-5-3-4-6-14(12)24-17/h3-8H,9H2,1-2H3. The highest BCUT2D eigenvalue weighted by Crippen LogP contribution is 2.36. The molecule has 0 aliphatic heterocycles. The van der Waals surface area contributed by atoms with E-state index in [4.69, 9.17) is 9.47 Å². The van der Waals surface area contributed by atoms with Crippen molar-refractivity contribution in [3.8, 4) is 5.75 Å². The number of carbonyl (C=O) groups is 1. The minimum Gasteiger partial charge on any atom is -0.496 e. The number of hydrogen-bond donors (Lipinski definition) is 0. The Bertz CT molecular complexity index is 862. The van der Waals surface area contributed by atoms with E-state index in [9.17, 15) is 4.79 Å². The summed E-state index contributed by atoms with van der Waals surface area (Å²) < 4.78 is 13.2. The molecule has 0 aliphatic rings. The van der Waals surface area contributed by atoms with Crippen molar-refractivity contribution in [2.24, 2.45) is 0 Å². The SMILES string of the molecule is COC(=O)c1c(OC)ccc(Br)c1CSc1nc2ccccc2s1. The molecule has 0 unspecified atom stereocenters. The van der Waals surface area contributed by atoms with E-state index in [0.29, 0.717) is 17.1 Å². The summed E-state index contributed by atoms with van der Waals surface area (Å²) in [6, 6.07) is 11.7. The third-order valence-electron chi connectivity index (χ3n) is 3.44. The van der Waals surface area contributed by atoms with Crippen LogP contribution in [0.4, 0.5) is 0 Å². The van der Waals surface area contributed by atoms with Gasteiger partial charge in [-0.1, -0.05) is 39.8 Å². The maximum absolute atomic E-state index is 12.2.